The van der Waals surface area contributed by atoms with Crippen LogP contribution in [0.25, 0.3) is 21.5 Å². The van der Waals surface area contributed by atoms with Gasteiger partial charge in [-0.05, 0) is 100 Å². The lowest BCUT2D eigenvalue weighted by molar-refractivity contribution is 0.353. The van der Waals surface area contributed by atoms with Crippen LogP contribution in [0, 0.1) is 0 Å². The van der Waals surface area contributed by atoms with Gasteiger partial charge in [0, 0.05) is 36.0 Å². The summed E-state index contributed by atoms with van der Waals surface area (Å²) < 4.78 is 45.6. The highest BCUT2D eigenvalue weighted by Gasteiger charge is 2.20. The fourth-order valence-corrected chi connectivity index (χ4v) is 6.55. The highest BCUT2D eigenvalue weighted by molar-refractivity contribution is 5.89. The number of nitrogens with zero attached hydrogens (tertiary/aromatic N) is 2. The van der Waals surface area contributed by atoms with E-state index in [1.165, 1.54) is 0 Å². The number of methoxy groups -OCH3 is 8. The quantitative estimate of drug-likeness (QED) is 0.114. The van der Waals surface area contributed by atoms with E-state index in [1.807, 2.05) is 73.1 Å². The predicted molar refractivity (Wildman–Crippen MR) is 197 cm³/mol. The van der Waals surface area contributed by atoms with Crippen LogP contribution in [0.2, 0.25) is 0 Å². The monoisotopic (exact) mass is 690 g/mol. The molecular weight excluding hydrogens is 648 g/mol. The molecule has 0 spiro atoms. The molecule has 6 rings (SSSR count). The summed E-state index contributed by atoms with van der Waals surface area (Å²) in [5, 5.41) is 3.94. The lowest BCUT2D eigenvalue weighted by Gasteiger charge is -2.19. The molecule has 0 atom stereocenters. The molecule has 0 aliphatic heterocycles. The Hall–Kier alpha value is -5.90. The van der Waals surface area contributed by atoms with E-state index in [4.69, 9.17) is 47.9 Å². The average Bonchev–Trinajstić information content (AvgIpc) is 3.17. The predicted octanol–water partition coefficient (Wildman–Crippen LogP) is 7.62. The largest absolute Gasteiger partial charge is 0.493 e. The summed E-state index contributed by atoms with van der Waals surface area (Å²) in [4.78, 5) is 9.65. The van der Waals surface area contributed by atoms with E-state index in [9.17, 15) is 0 Å². The van der Waals surface area contributed by atoms with Crippen LogP contribution in [0.1, 0.15) is 33.6 Å². The smallest absolute Gasteiger partial charge is 0.161 e. The number of ether oxygens (including phenoxy) is 8. The molecule has 0 aliphatic carbocycles. The average molecular weight is 691 g/mol. The van der Waals surface area contributed by atoms with Gasteiger partial charge in [0.25, 0.3) is 0 Å². The first-order chi connectivity index (χ1) is 24.9. The zero-order chi connectivity index (χ0) is 36.1. The molecule has 0 bridgehead atoms. The molecule has 0 saturated carbocycles. The Bertz CT molecular complexity index is 2050. The zero-order valence-corrected chi connectivity index (χ0v) is 30.2. The minimum Gasteiger partial charge on any atom is -0.493 e. The van der Waals surface area contributed by atoms with E-state index in [2.05, 4.69) is 0 Å². The third-order valence-corrected chi connectivity index (χ3v) is 9.21. The number of aromatic nitrogens is 2. The first-order valence-corrected chi connectivity index (χ1v) is 16.3. The zero-order valence-electron chi connectivity index (χ0n) is 30.2. The van der Waals surface area contributed by atoms with Crippen molar-refractivity contribution in [3.63, 3.8) is 0 Å². The molecule has 0 aliphatic rings. The van der Waals surface area contributed by atoms with Gasteiger partial charge < -0.3 is 37.9 Å². The summed E-state index contributed by atoms with van der Waals surface area (Å²) in [6.45, 7) is 0. The van der Waals surface area contributed by atoms with Crippen LogP contribution in [0.15, 0.2) is 73.1 Å². The number of benzene rings is 4. The molecule has 51 heavy (non-hydrogen) atoms. The number of pyridine rings is 2. The third-order valence-electron chi connectivity index (χ3n) is 9.21. The van der Waals surface area contributed by atoms with Crippen molar-refractivity contribution in [2.24, 2.45) is 0 Å². The van der Waals surface area contributed by atoms with Crippen LogP contribution in [0.5, 0.6) is 46.0 Å². The van der Waals surface area contributed by atoms with Crippen LogP contribution in [-0.4, -0.2) is 66.8 Å². The molecule has 6 aromatic rings. The topological polar surface area (TPSA) is 99.6 Å². The molecule has 0 fully saturated rings. The number of hydrogen-bond donors (Lipinski definition) is 0. The molecule has 4 aromatic carbocycles. The lowest BCUT2D eigenvalue weighted by Crippen LogP contribution is -2.06. The van der Waals surface area contributed by atoms with Gasteiger partial charge in [0.05, 0.1) is 68.3 Å². The van der Waals surface area contributed by atoms with Gasteiger partial charge in [0.2, 0.25) is 0 Å². The molecule has 10 heteroatoms. The SMILES string of the molecule is COc1cc(Cc2cc(OC)c(OC)cc2Cc2nccc3cc(OC)c(OC)cc23)c(Cc2nccc3cc(OC)c(OC)cc23)cc1OC. The first-order valence-electron chi connectivity index (χ1n) is 16.3. The van der Waals surface area contributed by atoms with Gasteiger partial charge in [-0.2, -0.15) is 0 Å². The van der Waals surface area contributed by atoms with Crippen LogP contribution >= 0.6 is 0 Å². The Balaban J connectivity index is 1.48. The Morgan fingerprint density at radius 1 is 0.353 bits per heavy atom. The molecule has 0 unspecified atom stereocenters. The first kappa shape index (κ1) is 34.9. The molecule has 10 nitrogen and oxygen atoms in total. The molecule has 2 aromatic heterocycles. The van der Waals surface area contributed by atoms with E-state index in [0.717, 1.165) is 55.2 Å². The maximum Gasteiger partial charge on any atom is 0.161 e. The fourth-order valence-electron chi connectivity index (χ4n) is 6.55. The summed E-state index contributed by atoms with van der Waals surface area (Å²) in [6.07, 6.45) is 5.24. The van der Waals surface area contributed by atoms with Crippen molar-refractivity contribution >= 4 is 21.5 Å². The van der Waals surface area contributed by atoms with Crippen LogP contribution in [0.4, 0.5) is 0 Å². The Kier molecular flexibility index (Phi) is 10.5. The highest BCUT2D eigenvalue weighted by atomic mass is 16.5. The van der Waals surface area contributed by atoms with Crippen molar-refractivity contribution in [2.75, 3.05) is 56.9 Å². The third kappa shape index (κ3) is 6.94. The summed E-state index contributed by atoms with van der Waals surface area (Å²) in [6, 6.07) is 20.0. The minimum atomic E-state index is 0.525. The maximum absolute atomic E-state index is 5.79. The highest BCUT2D eigenvalue weighted by Crippen LogP contribution is 2.39. The molecular formula is C41H42N2O8. The molecule has 0 amide bonds. The van der Waals surface area contributed by atoms with Crippen LogP contribution in [-0.2, 0) is 19.3 Å². The summed E-state index contributed by atoms with van der Waals surface area (Å²) in [7, 11) is 13.1. The second-order valence-corrected chi connectivity index (χ2v) is 11.9. The second-order valence-electron chi connectivity index (χ2n) is 11.9. The number of rotatable bonds is 14. The molecule has 0 radical (unpaired) electrons. The summed E-state index contributed by atoms with van der Waals surface area (Å²) in [5.74, 6) is 5.13. The lowest BCUT2D eigenvalue weighted by atomic mass is 9.90. The fraction of sp³-hybridized carbons (Fsp3) is 0.268. The molecule has 0 N–H and O–H groups in total. The Morgan fingerprint density at radius 3 is 0.941 bits per heavy atom. The van der Waals surface area contributed by atoms with E-state index in [1.54, 1.807) is 56.9 Å². The van der Waals surface area contributed by atoms with Gasteiger partial charge in [-0.25, -0.2) is 0 Å². The Morgan fingerprint density at radius 2 is 0.627 bits per heavy atom. The number of fused-ring (bicyclic) bond motifs is 2. The summed E-state index contributed by atoms with van der Waals surface area (Å²) in [5.41, 5.74) is 5.92. The van der Waals surface area contributed by atoms with E-state index < -0.39 is 0 Å². The van der Waals surface area contributed by atoms with Gasteiger partial charge in [-0.15, -0.1) is 0 Å². The van der Waals surface area contributed by atoms with Crippen molar-refractivity contribution in [3.05, 3.63) is 107 Å². The van der Waals surface area contributed by atoms with Gasteiger partial charge in [-0.3, -0.25) is 9.97 Å². The molecule has 264 valence electrons. The van der Waals surface area contributed by atoms with Crippen LogP contribution in [0.3, 0.4) is 0 Å². The molecule has 0 saturated heterocycles. The van der Waals surface area contributed by atoms with E-state index in [0.29, 0.717) is 65.3 Å². The minimum absolute atomic E-state index is 0.525. The van der Waals surface area contributed by atoms with Crippen molar-refractivity contribution in [2.45, 2.75) is 19.3 Å². The summed E-state index contributed by atoms with van der Waals surface area (Å²) >= 11 is 0. The maximum atomic E-state index is 5.79. The number of hydrogen-bond acceptors (Lipinski definition) is 10. The Labute approximate surface area is 297 Å². The van der Waals surface area contributed by atoms with E-state index in [-0.39, 0.29) is 0 Å². The standard InChI is InChI=1S/C41H42N2O8/c1-44-34-16-24-9-11-42-32(30(24)22-40(34)50-7)14-28-20-38(48-5)36(46-3)18-26(28)13-27-19-37(47-4)39(49-6)21-29(27)15-33-31-23-41(51-8)35(45-2)17-25(31)10-12-43-33/h9-12,16-23H,13-15H2,1-8H3. The van der Waals surface area contributed by atoms with Gasteiger partial charge in [0.1, 0.15) is 0 Å². The van der Waals surface area contributed by atoms with Crippen molar-refractivity contribution in [3.8, 4) is 46.0 Å². The normalized spacial score (nSPS) is 11.0. The van der Waals surface area contributed by atoms with Crippen molar-refractivity contribution in [1.82, 2.24) is 9.97 Å². The van der Waals surface area contributed by atoms with Crippen LogP contribution < -0.4 is 37.9 Å². The van der Waals surface area contributed by atoms with E-state index >= 15 is 0 Å². The van der Waals surface area contributed by atoms with Crippen molar-refractivity contribution < 1.29 is 37.9 Å². The molecule has 2 heterocycles. The van der Waals surface area contributed by atoms with Crippen molar-refractivity contribution in [1.29, 1.82) is 0 Å². The van der Waals surface area contributed by atoms with Gasteiger partial charge in [0.15, 0.2) is 46.0 Å². The van der Waals surface area contributed by atoms with Gasteiger partial charge >= 0.3 is 0 Å². The second kappa shape index (κ2) is 15.3. The van der Waals surface area contributed by atoms with Gasteiger partial charge in [-0.1, -0.05) is 0 Å².